The van der Waals surface area contributed by atoms with Crippen molar-refractivity contribution in [3.63, 3.8) is 0 Å². The number of carbonyl (C=O) groups excluding carboxylic acids is 1. The van der Waals surface area contributed by atoms with Crippen molar-refractivity contribution in [1.82, 2.24) is 0 Å². The van der Waals surface area contributed by atoms with E-state index in [0.29, 0.717) is 0 Å². The number of halogens is 1. The summed E-state index contributed by atoms with van der Waals surface area (Å²) in [4.78, 5) is 13.5. The molecule has 0 aliphatic rings. The van der Waals surface area contributed by atoms with E-state index in [-0.39, 0.29) is 11.0 Å². The fraction of sp³-hybridized carbons (Fsp3) is 0. The highest BCUT2D eigenvalue weighted by atomic mass is 19.3. The predicted octanol–water partition coefficient (Wildman–Crippen LogP) is -0.592. The zero-order valence-electron chi connectivity index (χ0n) is 6.48. The van der Waals surface area contributed by atoms with E-state index in [1.165, 1.54) is 24.3 Å². The molecule has 4 nitrogen and oxygen atoms in total. The normalized spacial score (nSPS) is 9.46. The molecule has 0 unspecified atom stereocenters. The van der Waals surface area contributed by atoms with E-state index in [2.05, 4.69) is 4.94 Å². The van der Waals surface area contributed by atoms with E-state index in [0.717, 1.165) is 0 Å². The molecule has 2 N–H and O–H groups in total. The van der Waals surface area contributed by atoms with Crippen LogP contribution in [0.15, 0.2) is 24.3 Å². The number of carbonyl (C=O) groups is 1. The maximum atomic E-state index is 11.4. The third kappa shape index (κ3) is 2.27. The fourth-order valence-corrected chi connectivity index (χ4v) is 0.836. The van der Waals surface area contributed by atoms with E-state index < -0.39 is 13.1 Å². The van der Waals surface area contributed by atoms with Crippen LogP contribution in [0.4, 0.5) is 4.53 Å². The summed E-state index contributed by atoms with van der Waals surface area (Å²) in [5.41, 5.74) is 0.224. The Morgan fingerprint density at radius 1 is 1.31 bits per heavy atom. The first-order chi connectivity index (χ1) is 6.15. The van der Waals surface area contributed by atoms with Crippen molar-refractivity contribution in [3.05, 3.63) is 29.8 Å². The topological polar surface area (TPSA) is 66.8 Å². The molecule has 0 bridgehead atoms. The fourth-order valence-electron chi connectivity index (χ4n) is 0.836. The summed E-state index contributed by atoms with van der Waals surface area (Å²) < 4.78 is 11.4. The smallest absolute Gasteiger partial charge is 0.423 e. The first-order valence-corrected chi connectivity index (χ1v) is 3.44. The lowest BCUT2D eigenvalue weighted by atomic mass is 9.80. The average molecular weight is 184 g/mol. The van der Waals surface area contributed by atoms with Crippen molar-refractivity contribution >= 4 is 18.6 Å². The lowest BCUT2D eigenvalue weighted by Gasteiger charge is -1.99. The van der Waals surface area contributed by atoms with Crippen LogP contribution in [0.1, 0.15) is 10.4 Å². The molecule has 68 valence electrons. The summed E-state index contributed by atoms with van der Waals surface area (Å²) in [6, 6.07) is 5.04. The van der Waals surface area contributed by atoms with Gasteiger partial charge in [0.05, 0.1) is 5.56 Å². The lowest BCUT2D eigenvalue weighted by molar-refractivity contribution is -0.0788. The summed E-state index contributed by atoms with van der Waals surface area (Å²) >= 11 is 0. The SMILES string of the molecule is O=C(OF)c1ccc(B(O)O)cc1. The predicted molar refractivity (Wildman–Crippen MR) is 42.8 cm³/mol. The lowest BCUT2D eigenvalue weighted by Crippen LogP contribution is -2.29. The standard InChI is InChI=1S/C7H6BFO4/c9-13-7(10)5-1-3-6(4-2-5)8(11)12/h1-4,11-12H. The van der Waals surface area contributed by atoms with E-state index >= 15 is 0 Å². The Labute approximate surface area is 73.6 Å². The van der Waals surface area contributed by atoms with E-state index in [1.807, 2.05) is 0 Å². The van der Waals surface area contributed by atoms with E-state index in [1.54, 1.807) is 0 Å². The molecule has 0 radical (unpaired) electrons. The Balaban J connectivity index is 2.87. The molecule has 0 amide bonds. The minimum atomic E-state index is -1.60. The van der Waals surface area contributed by atoms with Crippen molar-refractivity contribution < 1.29 is 24.3 Å². The van der Waals surface area contributed by atoms with Crippen molar-refractivity contribution in [3.8, 4) is 0 Å². The average Bonchev–Trinajstić information content (AvgIpc) is 2.17. The molecule has 0 aliphatic carbocycles. The molecule has 1 aromatic rings. The van der Waals surface area contributed by atoms with Gasteiger partial charge in [-0.3, -0.25) is 0 Å². The van der Waals surface area contributed by atoms with Gasteiger partial charge in [0, 0.05) is 4.53 Å². The molecule has 0 atom stereocenters. The molecule has 0 aliphatic heterocycles. The Hall–Kier alpha value is -1.40. The third-order valence-corrected chi connectivity index (χ3v) is 1.51. The van der Waals surface area contributed by atoms with Gasteiger partial charge >= 0.3 is 13.1 Å². The molecule has 1 rings (SSSR count). The van der Waals surface area contributed by atoms with Gasteiger partial charge in [0.25, 0.3) is 0 Å². The number of benzene rings is 1. The Kier molecular flexibility index (Phi) is 3.00. The summed E-state index contributed by atoms with van der Waals surface area (Å²) in [6.45, 7) is 0. The number of hydrogen-bond acceptors (Lipinski definition) is 4. The number of hydrogen-bond donors (Lipinski definition) is 2. The Bertz CT molecular complexity index is 298. The first kappa shape index (κ1) is 9.69. The molecule has 0 fully saturated rings. The van der Waals surface area contributed by atoms with Crippen LogP contribution >= 0.6 is 0 Å². The molecular weight excluding hydrogens is 178 g/mol. The summed E-state index contributed by atoms with van der Waals surface area (Å²) in [6.07, 6.45) is 0. The van der Waals surface area contributed by atoms with Crippen LogP contribution in [-0.4, -0.2) is 23.1 Å². The number of rotatable bonds is 2. The maximum absolute atomic E-state index is 11.4. The van der Waals surface area contributed by atoms with Crippen LogP contribution in [0.5, 0.6) is 0 Å². The molecule has 13 heavy (non-hydrogen) atoms. The molecule has 0 heterocycles. The summed E-state index contributed by atoms with van der Waals surface area (Å²) in [7, 11) is -1.60. The van der Waals surface area contributed by atoms with E-state index in [4.69, 9.17) is 10.0 Å². The third-order valence-electron chi connectivity index (χ3n) is 1.51. The molecule has 0 aromatic heterocycles. The molecular formula is C7H6BFO4. The minimum Gasteiger partial charge on any atom is -0.423 e. The van der Waals surface area contributed by atoms with Gasteiger partial charge in [0.2, 0.25) is 0 Å². The molecule has 1 aromatic carbocycles. The quantitative estimate of drug-likeness (QED) is 0.602. The first-order valence-electron chi connectivity index (χ1n) is 3.44. The van der Waals surface area contributed by atoms with Gasteiger partial charge in [0.15, 0.2) is 0 Å². The Morgan fingerprint density at radius 3 is 2.23 bits per heavy atom. The van der Waals surface area contributed by atoms with Crippen molar-refractivity contribution in [2.45, 2.75) is 0 Å². The molecule has 6 heteroatoms. The molecule has 0 saturated heterocycles. The van der Waals surface area contributed by atoms with Gasteiger partial charge in [-0.25, -0.2) is 9.74 Å². The highest BCUT2D eigenvalue weighted by Crippen LogP contribution is 2.00. The maximum Gasteiger partial charge on any atom is 0.488 e. The van der Waals surface area contributed by atoms with Crippen molar-refractivity contribution in [2.75, 3.05) is 0 Å². The van der Waals surface area contributed by atoms with Gasteiger partial charge in [-0.1, -0.05) is 12.1 Å². The largest absolute Gasteiger partial charge is 0.488 e. The van der Waals surface area contributed by atoms with Crippen LogP contribution < -0.4 is 5.46 Å². The van der Waals surface area contributed by atoms with E-state index in [9.17, 15) is 9.32 Å². The van der Waals surface area contributed by atoms with Gasteiger partial charge in [-0.05, 0) is 17.6 Å². The zero-order chi connectivity index (χ0) is 9.84. The van der Waals surface area contributed by atoms with Crippen molar-refractivity contribution in [1.29, 1.82) is 0 Å². The van der Waals surface area contributed by atoms with Gasteiger partial charge in [0.1, 0.15) is 0 Å². The van der Waals surface area contributed by atoms with Crippen LogP contribution in [0, 0.1) is 0 Å². The minimum absolute atomic E-state index is 0.00639. The second kappa shape index (κ2) is 4.02. The van der Waals surface area contributed by atoms with Crippen LogP contribution in [0.25, 0.3) is 0 Å². The summed E-state index contributed by atoms with van der Waals surface area (Å²) in [5.74, 6) is -1.11. The highest BCUT2D eigenvalue weighted by Gasteiger charge is 2.12. The molecule has 0 saturated carbocycles. The monoisotopic (exact) mass is 184 g/mol. The highest BCUT2D eigenvalue weighted by molar-refractivity contribution is 6.58. The second-order valence-electron chi connectivity index (χ2n) is 2.36. The van der Waals surface area contributed by atoms with Crippen molar-refractivity contribution in [2.24, 2.45) is 0 Å². The van der Waals surface area contributed by atoms with Gasteiger partial charge in [-0.2, -0.15) is 0 Å². The van der Waals surface area contributed by atoms with Crippen LogP contribution in [-0.2, 0) is 4.94 Å². The molecule has 0 spiro atoms. The van der Waals surface area contributed by atoms with Gasteiger partial charge < -0.3 is 10.0 Å². The second-order valence-corrected chi connectivity index (χ2v) is 2.36. The summed E-state index contributed by atoms with van der Waals surface area (Å²) in [5, 5.41) is 17.4. The van der Waals surface area contributed by atoms with Gasteiger partial charge in [-0.15, -0.1) is 0 Å². The van der Waals surface area contributed by atoms with Crippen LogP contribution in [0.3, 0.4) is 0 Å². The Morgan fingerprint density at radius 2 is 1.85 bits per heavy atom. The zero-order valence-corrected chi connectivity index (χ0v) is 6.48. The van der Waals surface area contributed by atoms with Crippen LogP contribution in [0.2, 0.25) is 0 Å².